The molecule has 0 spiro atoms. The fraction of sp³-hybridized carbons (Fsp3) is 0.0625. The standard InChI is InChI=1S/C10H8.C5H5N.CH3F/c1-2-6-10-8-4-3-7-9(10)5-1;1-2-4-6-5-3-1;1-2/h1-8H;1-5H;1H3. The van der Waals surface area contributed by atoms with Crippen LogP contribution in [0.15, 0.2) is 79.1 Å². The van der Waals surface area contributed by atoms with E-state index in [1.807, 2.05) is 18.2 Å². The van der Waals surface area contributed by atoms with Crippen molar-refractivity contribution < 1.29 is 4.39 Å². The van der Waals surface area contributed by atoms with Gasteiger partial charge in [-0.25, -0.2) is 0 Å². The maximum atomic E-state index is 9.50. The number of aromatic nitrogens is 1. The number of nitrogens with zero attached hydrogens (tertiary/aromatic N) is 1. The Labute approximate surface area is 107 Å². The summed E-state index contributed by atoms with van der Waals surface area (Å²) in [5.41, 5.74) is 0. The molecule has 92 valence electrons. The largest absolute Gasteiger partial charge is 0.265 e. The molecule has 0 unspecified atom stereocenters. The molecule has 0 bridgehead atoms. The number of rotatable bonds is 0. The second-order valence-electron chi connectivity index (χ2n) is 3.37. The van der Waals surface area contributed by atoms with E-state index < -0.39 is 0 Å². The Morgan fingerprint density at radius 2 is 1.00 bits per heavy atom. The van der Waals surface area contributed by atoms with Crippen LogP contribution in [0.1, 0.15) is 0 Å². The van der Waals surface area contributed by atoms with Crippen molar-refractivity contribution in [2.24, 2.45) is 0 Å². The lowest BCUT2D eigenvalue weighted by Gasteiger charge is -1.92. The molecule has 0 radical (unpaired) electrons. The first-order valence-corrected chi connectivity index (χ1v) is 5.63. The Balaban J connectivity index is 0.000000174. The van der Waals surface area contributed by atoms with Gasteiger partial charge in [-0.05, 0) is 22.9 Å². The molecule has 0 atom stereocenters. The highest BCUT2D eigenvalue weighted by molar-refractivity contribution is 5.81. The summed E-state index contributed by atoms with van der Waals surface area (Å²) >= 11 is 0. The Kier molecular flexibility index (Phi) is 6.83. The van der Waals surface area contributed by atoms with Gasteiger partial charge in [0.2, 0.25) is 0 Å². The quantitative estimate of drug-likeness (QED) is 0.564. The van der Waals surface area contributed by atoms with Crippen molar-refractivity contribution in [2.45, 2.75) is 0 Å². The van der Waals surface area contributed by atoms with E-state index in [9.17, 15) is 4.39 Å². The Morgan fingerprint density at radius 3 is 1.22 bits per heavy atom. The lowest BCUT2D eigenvalue weighted by atomic mass is 10.1. The van der Waals surface area contributed by atoms with Gasteiger partial charge in [-0.15, -0.1) is 0 Å². The lowest BCUT2D eigenvalue weighted by Crippen LogP contribution is -1.67. The second-order valence-corrected chi connectivity index (χ2v) is 3.37. The number of benzene rings is 2. The van der Waals surface area contributed by atoms with Crippen LogP contribution in [0.5, 0.6) is 0 Å². The van der Waals surface area contributed by atoms with Crippen molar-refractivity contribution in [1.82, 2.24) is 4.98 Å². The van der Waals surface area contributed by atoms with Crippen molar-refractivity contribution in [3.05, 3.63) is 79.1 Å². The summed E-state index contributed by atoms with van der Waals surface area (Å²) in [6.45, 7) is 0. The summed E-state index contributed by atoms with van der Waals surface area (Å²) in [5.74, 6) is 0. The Bertz CT molecular complexity index is 445. The number of pyridine rings is 1. The molecule has 18 heavy (non-hydrogen) atoms. The van der Waals surface area contributed by atoms with Crippen LogP contribution in [-0.2, 0) is 0 Å². The van der Waals surface area contributed by atoms with Crippen LogP contribution in [0.25, 0.3) is 10.8 Å². The number of alkyl halides is 1. The molecule has 1 heterocycles. The van der Waals surface area contributed by atoms with Crippen LogP contribution in [0.4, 0.5) is 4.39 Å². The number of hydrogen-bond acceptors (Lipinski definition) is 1. The molecule has 0 amide bonds. The van der Waals surface area contributed by atoms with E-state index in [0.717, 1.165) is 0 Å². The summed E-state index contributed by atoms with van der Waals surface area (Å²) in [6, 6.07) is 22.4. The van der Waals surface area contributed by atoms with Crippen LogP contribution in [-0.4, -0.2) is 12.2 Å². The monoisotopic (exact) mass is 241 g/mol. The summed E-state index contributed by atoms with van der Waals surface area (Å²) in [4.78, 5) is 3.78. The first-order chi connectivity index (χ1) is 8.97. The second kappa shape index (κ2) is 8.88. The summed E-state index contributed by atoms with van der Waals surface area (Å²) in [6.07, 6.45) is 3.50. The normalized spacial score (nSPS) is 8.56. The van der Waals surface area contributed by atoms with Crippen LogP contribution < -0.4 is 0 Å². The number of halogens is 1. The van der Waals surface area contributed by atoms with Gasteiger partial charge in [0.25, 0.3) is 0 Å². The van der Waals surface area contributed by atoms with Gasteiger partial charge >= 0.3 is 0 Å². The Morgan fingerprint density at radius 1 is 0.611 bits per heavy atom. The summed E-state index contributed by atoms with van der Waals surface area (Å²) in [7, 11) is 0.500. The minimum Gasteiger partial charge on any atom is -0.265 e. The minimum absolute atomic E-state index is 0.500. The molecule has 0 aliphatic carbocycles. The maximum Gasteiger partial charge on any atom is 0.0785 e. The van der Waals surface area contributed by atoms with Crippen LogP contribution in [0.3, 0.4) is 0 Å². The molecular formula is C16H16FN. The van der Waals surface area contributed by atoms with E-state index in [1.165, 1.54) is 10.8 Å². The van der Waals surface area contributed by atoms with E-state index in [0.29, 0.717) is 7.18 Å². The van der Waals surface area contributed by atoms with E-state index in [2.05, 4.69) is 53.5 Å². The average Bonchev–Trinajstić information content (AvgIpc) is 2.52. The highest BCUT2D eigenvalue weighted by atomic mass is 19.1. The van der Waals surface area contributed by atoms with Crippen molar-refractivity contribution in [1.29, 1.82) is 0 Å². The first-order valence-electron chi connectivity index (χ1n) is 5.63. The highest BCUT2D eigenvalue weighted by Gasteiger charge is 1.85. The average molecular weight is 241 g/mol. The van der Waals surface area contributed by atoms with E-state index >= 15 is 0 Å². The molecular weight excluding hydrogens is 225 g/mol. The molecule has 0 saturated carbocycles. The fourth-order valence-corrected chi connectivity index (χ4v) is 1.45. The third kappa shape index (κ3) is 4.74. The van der Waals surface area contributed by atoms with Crippen molar-refractivity contribution >= 4 is 10.8 Å². The van der Waals surface area contributed by atoms with Crippen molar-refractivity contribution in [3.8, 4) is 0 Å². The number of hydrogen-bond donors (Lipinski definition) is 0. The molecule has 3 rings (SSSR count). The molecule has 2 aromatic carbocycles. The first kappa shape index (κ1) is 13.8. The fourth-order valence-electron chi connectivity index (χ4n) is 1.45. The molecule has 0 N–H and O–H groups in total. The molecule has 1 aromatic heterocycles. The zero-order valence-corrected chi connectivity index (χ0v) is 10.3. The van der Waals surface area contributed by atoms with Gasteiger partial charge in [0.15, 0.2) is 0 Å². The molecule has 0 aliphatic heterocycles. The van der Waals surface area contributed by atoms with Crippen LogP contribution >= 0.6 is 0 Å². The molecule has 0 fully saturated rings. The predicted octanol–water partition coefficient (Wildman–Crippen LogP) is 4.51. The smallest absolute Gasteiger partial charge is 0.0785 e. The van der Waals surface area contributed by atoms with Crippen molar-refractivity contribution in [2.75, 3.05) is 7.18 Å². The molecule has 3 aromatic rings. The minimum atomic E-state index is 0.500. The molecule has 0 aliphatic rings. The number of fused-ring (bicyclic) bond motifs is 1. The molecule has 0 saturated heterocycles. The van der Waals surface area contributed by atoms with E-state index in [4.69, 9.17) is 0 Å². The van der Waals surface area contributed by atoms with Gasteiger partial charge in [0.05, 0.1) is 7.18 Å². The summed E-state index contributed by atoms with van der Waals surface area (Å²) < 4.78 is 9.50. The van der Waals surface area contributed by atoms with Crippen LogP contribution in [0, 0.1) is 0 Å². The lowest BCUT2D eigenvalue weighted by molar-refractivity contribution is 0.636. The SMILES string of the molecule is CF.c1ccc2ccccc2c1.c1ccncc1. The highest BCUT2D eigenvalue weighted by Crippen LogP contribution is 2.11. The summed E-state index contributed by atoms with van der Waals surface area (Å²) in [5, 5.41) is 2.62. The van der Waals surface area contributed by atoms with Gasteiger partial charge in [0.1, 0.15) is 0 Å². The topological polar surface area (TPSA) is 12.9 Å². The van der Waals surface area contributed by atoms with Gasteiger partial charge in [0, 0.05) is 12.4 Å². The van der Waals surface area contributed by atoms with Crippen LogP contribution in [0.2, 0.25) is 0 Å². The third-order valence-electron chi connectivity index (χ3n) is 2.23. The zero-order chi connectivity index (χ0) is 13.1. The van der Waals surface area contributed by atoms with Crippen molar-refractivity contribution in [3.63, 3.8) is 0 Å². The van der Waals surface area contributed by atoms with Gasteiger partial charge in [-0.1, -0.05) is 54.6 Å². The van der Waals surface area contributed by atoms with Gasteiger partial charge < -0.3 is 0 Å². The Hall–Kier alpha value is -2.22. The van der Waals surface area contributed by atoms with E-state index in [-0.39, 0.29) is 0 Å². The third-order valence-corrected chi connectivity index (χ3v) is 2.23. The predicted molar refractivity (Wildman–Crippen MR) is 75.2 cm³/mol. The molecule has 1 nitrogen and oxygen atoms in total. The zero-order valence-electron chi connectivity index (χ0n) is 10.3. The van der Waals surface area contributed by atoms with Gasteiger partial charge in [-0.3, -0.25) is 9.37 Å². The van der Waals surface area contributed by atoms with E-state index in [1.54, 1.807) is 12.4 Å². The molecule has 2 heteroatoms. The maximum absolute atomic E-state index is 9.50. The van der Waals surface area contributed by atoms with Gasteiger partial charge in [-0.2, -0.15) is 0 Å².